The average molecular weight is 312 g/mol. The molecule has 0 spiro atoms. The number of ether oxygens (including phenoxy) is 1. The van der Waals surface area contributed by atoms with Crippen LogP contribution in [0.4, 0.5) is 0 Å². The molecule has 0 amide bonds. The van der Waals surface area contributed by atoms with Gasteiger partial charge in [0.2, 0.25) is 0 Å². The van der Waals surface area contributed by atoms with Crippen LogP contribution in [-0.4, -0.2) is 26.9 Å². The van der Waals surface area contributed by atoms with E-state index in [0.29, 0.717) is 11.5 Å². The summed E-state index contributed by atoms with van der Waals surface area (Å²) in [5, 5.41) is 9.61. The Morgan fingerprint density at radius 2 is 1.81 bits per heavy atom. The van der Waals surface area contributed by atoms with Gasteiger partial charge in [-0.15, -0.1) is 0 Å². The summed E-state index contributed by atoms with van der Waals surface area (Å²) in [4.78, 5) is 0. The van der Waals surface area contributed by atoms with Gasteiger partial charge >= 0.3 is 0 Å². The van der Waals surface area contributed by atoms with E-state index in [9.17, 15) is 9.32 Å². The van der Waals surface area contributed by atoms with Crippen molar-refractivity contribution in [2.24, 2.45) is 5.41 Å². The van der Waals surface area contributed by atoms with Crippen LogP contribution in [0.5, 0.6) is 11.5 Å². The molecule has 1 aromatic rings. The number of methoxy groups -OCH3 is 1. The van der Waals surface area contributed by atoms with Gasteiger partial charge in [-0.1, -0.05) is 19.9 Å². The van der Waals surface area contributed by atoms with Crippen molar-refractivity contribution in [3.63, 3.8) is 0 Å². The number of rotatable bonds is 6. The molecule has 0 unspecified atom stereocenters. The molecule has 3 nitrogen and oxygen atoms in total. The highest BCUT2D eigenvalue weighted by molar-refractivity contribution is 7.86. The fourth-order valence-electron chi connectivity index (χ4n) is 2.00. The number of phenolic OH excluding ortho intramolecular Hbond substituents is 1. The van der Waals surface area contributed by atoms with E-state index < -0.39 is 10.8 Å². The van der Waals surface area contributed by atoms with Crippen molar-refractivity contribution in [2.45, 2.75) is 52.2 Å². The normalized spacial score (nSPS) is 14.0. The smallest absolute Gasteiger partial charge is 0.160 e. The maximum absolute atomic E-state index is 12.3. The van der Waals surface area contributed by atoms with Crippen LogP contribution in [-0.2, 0) is 17.2 Å². The third-order valence-electron chi connectivity index (χ3n) is 3.54. The Bertz CT molecular complexity index is 501. The van der Waals surface area contributed by atoms with E-state index in [4.69, 9.17) is 4.74 Å². The SMILES string of the molecule is COc1cc(CCC(C)(C)C[S@](=O)C(C)(C)C)ccc1O. The Morgan fingerprint density at radius 1 is 1.19 bits per heavy atom. The summed E-state index contributed by atoms with van der Waals surface area (Å²) in [5.41, 5.74) is 1.14. The first-order valence-corrected chi connectivity index (χ1v) is 8.61. The Kier molecular flexibility index (Phi) is 5.85. The van der Waals surface area contributed by atoms with Crippen LogP contribution in [0.1, 0.15) is 46.6 Å². The van der Waals surface area contributed by atoms with Gasteiger partial charge in [0, 0.05) is 21.3 Å². The van der Waals surface area contributed by atoms with E-state index in [-0.39, 0.29) is 15.9 Å². The zero-order chi connectivity index (χ0) is 16.3. The maximum Gasteiger partial charge on any atom is 0.160 e. The molecule has 0 bridgehead atoms. The fraction of sp³-hybridized carbons (Fsp3) is 0.647. The minimum Gasteiger partial charge on any atom is -0.504 e. The molecule has 0 saturated heterocycles. The number of phenols is 1. The van der Waals surface area contributed by atoms with Crippen molar-refractivity contribution in [3.05, 3.63) is 23.8 Å². The van der Waals surface area contributed by atoms with Crippen molar-refractivity contribution in [3.8, 4) is 11.5 Å². The van der Waals surface area contributed by atoms with E-state index in [1.807, 2.05) is 32.9 Å². The number of aryl methyl sites for hydroxylation is 1. The molecule has 0 fully saturated rings. The highest BCUT2D eigenvalue weighted by Gasteiger charge is 2.27. The van der Waals surface area contributed by atoms with Crippen molar-refractivity contribution in [2.75, 3.05) is 12.9 Å². The third kappa shape index (κ3) is 5.70. The lowest BCUT2D eigenvalue weighted by atomic mass is 9.88. The summed E-state index contributed by atoms with van der Waals surface area (Å²) >= 11 is 0. The second kappa shape index (κ2) is 6.82. The van der Waals surface area contributed by atoms with E-state index in [0.717, 1.165) is 18.4 Å². The summed E-state index contributed by atoms with van der Waals surface area (Å²) in [6.07, 6.45) is 1.83. The quantitative estimate of drug-likeness (QED) is 0.866. The molecule has 0 aliphatic rings. The molecule has 0 saturated carbocycles. The molecule has 120 valence electrons. The van der Waals surface area contributed by atoms with Gasteiger partial charge in [-0.2, -0.15) is 0 Å². The fourth-order valence-corrected chi connectivity index (χ4v) is 3.29. The van der Waals surface area contributed by atoms with Crippen LogP contribution in [0.15, 0.2) is 18.2 Å². The summed E-state index contributed by atoms with van der Waals surface area (Å²) in [6.45, 7) is 10.4. The summed E-state index contributed by atoms with van der Waals surface area (Å²) in [6, 6.07) is 5.44. The van der Waals surface area contributed by atoms with Crippen LogP contribution in [0.25, 0.3) is 0 Å². The molecule has 0 radical (unpaired) electrons. The summed E-state index contributed by atoms with van der Waals surface area (Å²) in [5.74, 6) is 1.36. The highest BCUT2D eigenvalue weighted by atomic mass is 32.2. The zero-order valence-corrected chi connectivity index (χ0v) is 14.8. The van der Waals surface area contributed by atoms with Crippen LogP contribution in [0, 0.1) is 5.41 Å². The van der Waals surface area contributed by atoms with E-state index in [1.165, 1.54) is 0 Å². The van der Waals surface area contributed by atoms with Crippen molar-refractivity contribution < 1.29 is 14.1 Å². The lowest BCUT2D eigenvalue weighted by Gasteiger charge is -2.28. The van der Waals surface area contributed by atoms with E-state index in [2.05, 4.69) is 13.8 Å². The van der Waals surface area contributed by atoms with E-state index in [1.54, 1.807) is 13.2 Å². The monoisotopic (exact) mass is 312 g/mol. The summed E-state index contributed by atoms with van der Waals surface area (Å²) < 4.78 is 17.3. The molecule has 0 aliphatic carbocycles. The number of hydrogen-bond acceptors (Lipinski definition) is 3. The minimum absolute atomic E-state index is 0.0171. The Morgan fingerprint density at radius 3 is 2.33 bits per heavy atom. The molecular formula is C17H28O3S. The molecule has 0 heterocycles. The third-order valence-corrected chi connectivity index (χ3v) is 5.95. The average Bonchev–Trinajstić information content (AvgIpc) is 2.36. The van der Waals surface area contributed by atoms with Crippen molar-refractivity contribution >= 4 is 10.8 Å². The predicted molar refractivity (Wildman–Crippen MR) is 89.5 cm³/mol. The molecule has 1 rings (SSSR count). The van der Waals surface area contributed by atoms with Gasteiger partial charge in [-0.05, 0) is 56.7 Å². The van der Waals surface area contributed by atoms with Gasteiger partial charge in [-0.3, -0.25) is 4.21 Å². The molecule has 0 aliphatic heterocycles. The largest absolute Gasteiger partial charge is 0.504 e. The Labute approximate surface area is 131 Å². The number of aromatic hydroxyl groups is 1. The van der Waals surface area contributed by atoms with E-state index >= 15 is 0 Å². The lowest BCUT2D eigenvalue weighted by Crippen LogP contribution is -2.31. The Hall–Kier alpha value is -1.03. The molecule has 1 atom stereocenters. The second-order valence-corrected chi connectivity index (χ2v) is 9.48. The predicted octanol–water partition coefficient (Wildman–Crippen LogP) is 3.91. The summed E-state index contributed by atoms with van der Waals surface area (Å²) in [7, 11) is 0.712. The molecule has 0 aromatic heterocycles. The molecule has 1 N–H and O–H groups in total. The number of benzene rings is 1. The van der Waals surface area contributed by atoms with Gasteiger partial charge < -0.3 is 9.84 Å². The van der Waals surface area contributed by atoms with Crippen LogP contribution >= 0.6 is 0 Å². The van der Waals surface area contributed by atoms with Gasteiger partial charge in [0.25, 0.3) is 0 Å². The van der Waals surface area contributed by atoms with Crippen molar-refractivity contribution in [1.82, 2.24) is 0 Å². The van der Waals surface area contributed by atoms with Gasteiger partial charge in [0.05, 0.1) is 7.11 Å². The maximum atomic E-state index is 12.3. The van der Waals surface area contributed by atoms with Crippen LogP contribution in [0.3, 0.4) is 0 Å². The molecular weight excluding hydrogens is 284 g/mol. The second-order valence-electron chi connectivity index (χ2n) is 7.27. The van der Waals surface area contributed by atoms with Gasteiger partial charge in [0.15, 0.2) is 11.5 Å². The van der Waals surface area contributed by atoms with Gasteiger partial charge in [-0.25, -0.2) is 0 Å². The standard InChI is InChI=1S/C17H28O3S/c1-16(2,3)21(19)12-17(4,5)10-9-13-7-8-14(18)15(11-13)20-6/h7-8,11,18H,9-10,12H2,1-6H3/t21-/m0/s1. The number of hydrogen-bond donors (Lipinski definition) is 1. The topological polar surface area (TPSA) is 46.5 Å². The molecule has 21 heavy (non-hydrogen) atoms. The first-order chi connectivity index (χ1) is 9.55. The minimum atomic E-state index is -0.839. The zero-order valence-electron chi connectivity index (χ0n) is 14.0. The lowest BCUT2D eigenvalue weighted by molar-refractivity contribution is 0.369. The first-order valence-electron chi connectivity index (χ1n) is 7.29. The van der Waals surface area contributed by atoms with Crippen LogP contribution < -0.4 is 4.74 Å². The first kappa shape index (κ1) is 18.0. The Balaban J connectivity index is 2.67. The molecule has 4 heteroatoms. The molecule has 1 aromatic carbocycles. The van der Waals surface area contributed by atoms with Crippen molar-refractivity contribution in [1.29, 1.82) is 0 Å². The van der Waals surface area contributed by atoms with Crippen LogP contribution in [0.2, 0.25) is 0 Å². The highest BCUT2D eigenvalue weighted by Crippen LogP contribution is 2.30. The van der Waals surface area contributed by atoms with Gasteiger partial charge in [0.1, 0.15) is 0 Å².